The Morgan fingerprint density at radius 1 is 1.11 bits per heavy atom. The van der Waals surface area contributed by atoms with Gasteiger partial charge in [-0.1, -0.05) is 24.3 Å². The highest BCUT2D eigenvalue weighted by molar-refractivity contribution is 5.85. The molecule has 1 aromatic heterocycles. The summed E-state index contributed by atoms with van der Waals surface area (Å²) in [6.07, 6.45) is -5.20. The molecule has 2 N–H and O–H groups in total. The van der Waals surface area contributed by atoms with Gasteiger partial charge in [0, 0.05) is 17.8 Å². The average Bonchev–Trinajstić information content (AvgIpc) is 2.34. The van der Waals surface area contributed by atoms with Gasteiger partial charge in [0.15, 0.2) is 0 Å². The molecule has 1 heterocycles. The summed E-state index contributed by atoms with van der Waals surface area (Å²) in [4.78, 5) is 4.28. The summed E-state index contributed by atoms with van der Waals surface area (Å²) in [5.74, 6) is 0. The van der Waals surface area contributed by atoms with Crippen LogP contribution in [0.4, 0.5) is 13.2 Å². The Hall–Kier alpha value is -1.33. The second-order valence-corrected chi connectivity index (χ2v) is 4.19. The molecule has 0 saturated carbocycles. The van der Waals surface area contributed by atoms with E-state index in [1.807, 2.05) is 30.3 Å². The third-order valence-corrected chi connectivity index (χ3v) is 2.74. The number of nitrogens with two attached hydrogens (primary N) is 1. The molecule has 0 aliphatic heterocycles. The normalized spacial score (nSPS) is 13.1. The minimum atomic E-state index is -4.17. The van der Waals surface area contributed by atoms with Gasteiger partial charge in [-0.25, -0.2) is 0 Å². The Bertz CT molecular complexity index is 543. The fourth-order valence-electron chi connectivity index (χ4n) is 1.76. The fourth-order valence-corrected chi connectivity index (χ4v) is 1.76. The van der Waals surface area contributed by atoms with Crippen molar-refractivity contribution in [2.45, 2.75) is 25.1 Å². The van der Waals surface area contributed by atoms with Gasteiger partial charge >= 0.3 is 6.18 Å². The molecule has 6 heteroatoms. The number of pyridine rings is 1. The molecule has 0 fully saturated rings. The standard InChI is InChI=1S/C13H13F3N2.ClH/c14-13(15,16)8-7-10(17)12-6-5-9-3-1-2-4-11(9)18-12;/h1-6,10H,7-8,17H2;1H/t10-;/m1./s1. The lowest BCUT2D eigenvalue weighted by Crippen LogP contribution is -2.16. The molecular formula is C13H14ClF3N2. The molecule has 2 nitrogen and oxygen atoms in total. The molecule has 0 saturated heterocycles. The van der Waals surface area contributed by atoms with Gasteiger partial charge < -0.3 is 5.73 Å². The van der Waals surface area contributed by atoms with Gasteiger partial charge in [0.1, 0.15) is 0 Å². The van der Waals surface area contributed by atoms with Gasteiger partial charge in [-0.3, -0.25) is 4.98 Å². The number of hydrogen-bond donors (Lipinski definition) is 1. The lowest BCUT2D eigenvalue weighted by Gasteiger charge is -2.13. The van der Waals surface area contributed by atoms with Crippen molar-refractivity contribution in [3.8, 4) is 0 Å². The number of nitrogens with zero attached hydrogens (tertiary/aromatic N) is 1. The van der Waals surface area contributed by atoms with E-state index in [9.17, 15) is 13.2 Å². The van der Waals surface area contributed by atoms with Gasteiger partial charge in [-0.2, -0.15) is 13.2 Å². The highest BCUT2D eigenvalue weighted by Gasteiger charge is 2.28. The molecule has 104 valence electrons. The molecule has 0 unspecified atom stereocenters. The molecule has 2 aromatic rings. The van der Waals surface area contributed by atoms with Crippen LogP contribution in [-0.4, -0.2) is 11.2 Å². The van der Waals surface area contributed by atoms with Gasteiger partial charge in [-0.15, -0.1) is 12.4 Å². The van der Waals surface area contributed by atoms with Crippen molar-refractivity contribution in [1.29, 1.82) is 0 Å². The monoisotopic (exact) mass is 290 g/mol. The van der Waals surface area contributed by atoms with E-state index in [1.54, 1.807) is 6.07 Å². The van der Waals surface area contributed by atoms with Gasteiger partial charge in [-0.05, 0) is 18.6 Å². The van der Waals surface area contributed by atoms with Crippen molar-refractivity contribution >= 4 is 23.3 Å². The Morgan fingerprint density at radius 3 is 2.47 bits per heavy atom. The largest absolute Gasteiger partial charge is 0.389 e. The maximum Gasteiger partial charge on any atom is 0.389 e. The van der Waals surface area contributed by atoms with E-state index in [0.29, 0.717) is 5.69 Å². The minimum absolute atomic E-state index is 0. The number of halogens is 4. The first-order valence-corrected chi connectivity index (χ1v) is 5.64. The highest BCUT2D eigenvalue weighted by Crippen LogP contribution is 2.26. The van der Waals surface area contributed by atoms with Crippen LogP contribution in [0, 0.1) is 0 Å². The van der Waals surface area contributed by atoms with Crippen molar-refractivity contribution < 1.29 is 13.2 Å². The van der Waals surface area contributed by atoms with Crippen molar-refractivity contribution in [3.05, 3.63) is 42.1 Å². The number of rotatable bonds is 3. The van der Waals surface area contributed by atoms with Crippen LogP contribution < -0.4 is 5.73 Å². The van der Waals surface area contributed by atoms with E-state index in [4.69, 9.17) is 5.73 Å². The van der Waals surface area contributed by atoms with Gasteiger partial charge in [0.2, 0.25) is 0 Å². The zero-order valence-electron chi connectivity index (χ0n) is 10.0. The number of fused-ring (bicyclic) bond motifs is 1. The summed E-state index contributed by atoms with van der Waals surface area (Å²) < 4.78 is 36.3. The number of aromatic nitrogens is 1. The van der Waals surface area contributed by atoms with Crippen molar-refractivity contribution in [2.75, 3.05) is 0 Å². The van der Waals surface area contributed by atoms with E-state index in [1.165, 1.54) is 0 Å². The first-order valence-electron chi connectivity index (χ1n) is 5.64. The molecule has 2 rings (SSSR count). The molecule has 19 heavy (non-hydrogen) atoms. The Labute approximate surface area is 115 Å². The fraction of sp³-hybridized carbons (Fsp3) is 0.308. The van der Waals surface area contributed by atoms with Crippen LogP contribution in [0.15, 0.2) is 36.4 Å². The minimum Gasteiger partial charge on any atom is -0.323 e. The molecule has 0 bridgehead atoms. The zero-order chi connectivity index (χ0) is 13.2. The van der Waals surface area contributed by atoms with Crippen LogP contribution in [0.2, 0.25) is 0 Å². The molecule has 1 aromatic carbocycles. The van der Waals surface area contributed by atoms with Crippen LogP contribution in [0.3, 0.4) is 0 Å². The number of para-hydroxylation sites is 1. The van der Waals surface area contributed by atoms with Crippen molar-refractivity contribution in [2.24, 2.45) is 5.73 Å². The number of alkyl halides is 3. The summed E-state index contributed by atoms with van der Waals surface area (Å²) in [6, 6.07) is 10.3. The quantitative estimate of drug-likeness (QED) is 0.928. The van der Waals surface area contributed by atoms with Gasteiger partial charge in [0.25, 0.3) is 0 Å². The van der Waals surface area contributed by atoms with E-state index in [0.717, 1.165) is 10.9 Å². The Kier molecular flexibility index (Phi) is 5.14. The lowest BCUT2D eigenvalue weighted by atomic mass is 10.1. The van der Waals surface area contributed by atoms with Crippen LogP contribution in [0.1, 0.15) is 24.6 Å². The van der Waals surface area contributed by atoms with Crippen LogP contribution >= 0.6 is 12.4 Å². The summed E-state index contributed by atoms with van der Waals surface area (Å²) >= 11 is 0. The molecule has 0 spiro atoms. The third-order valence-electron chi connectivity index (χ3n) is 2.74. The third kappa shape index (κ3) is 4.36. The Morgan fingerprint density at radius 2 is 1.79 bits per heavy atom. The average molecular weight is 291 g/mol. The molecular weight excluding hydrogens is 277 g/mol. The predicted octanol–water partition coefficient (Wildman–Crippen LogP) is 4.00. The summed E-state index contributed by atoms with van der Waals surface area (Å²) in [5, 5.41) is 0.948. The maximum atomic E-state index is 12.1. The summed E-state index contributed by atoms with van der Waals surface area (Å²) in [5.41, 5.74) is 6.98. The molecule has 0 aliphatic carbocycles. The predicted molar refractivity (Wildman–Crippen MR) is 71.2 cm³/mol. The maximum absolute atomic E-state index is 12.1. The molecule has 1 atom stereocenters. The summed E-state index contributed by atoms with van der Waals surface area (Å²) in [6.45, 7) is 0. The second kappa shape index (κ2) is 6.21. The van der Waals surface area contributed by atoms with Crippen molar-refractivity contribution in [1.82, 2.24) is 4.98 Å². The highest BCUT2D eigenvalue weighted by atomic mass is 35.5. The lowest BCUT2D eigenvalue weighted by molar-refractivity contribution is -0.136. The second-order valence-electron chi connectivity index (χ2n) is 4.19. The van der Waals surface area contributed by atoms with Gasteiger partial charge in [0.05, 0.1) is 11.2 Å². The number of hydrogen-bond acceptors (Lipinski definition) is 2. The summed E-state index contributed by atoms with van der Waals surface area (Å²) in [7, 11) is 0. The van der Waals surface area contributed by atoms with E-state index >= 15 is 0 Å². The number of benzene rings is 1. The first-order chi connectivity index (χ1) is 8.46. The molecule has 0 amide bonds. The van der Waals surface area contributed by atoms with E-state index in [-0.39, 0.29) is 18.8 Å². The topological polar surface area (TPSA) is 38.9 Å². The SMILES string of the molecule is Cl.N[C@H](CCC(F)(F)F)c1ccc2ccccc2n1. The Balaban J connectivity index is 0.00000180. The van der Waals surface area contributed by atoms with Crippen LogP contribution in [0.25, 0.3) is 10.9 Å². The first kappa shape index (κ1) is 15.7. The molecule has 0 radical (unpaired) electrons. The van der Waals surface area contributed by atoms with E-state index in [2.05, 4.69) is 4.98 Å². The smallest absolute Gasteiger partial charge is 0.323 e. The van der Waals surface area contributed by atoms with Crippen LogP contribution in [0.5, 0.6) is 0 Å². The van der Waals surface area contributed by atoms with Crippen molar-refractivity contribution in [3.63, 3.8) is 0 Å². The van der Waals surface area contributed by atoms with Crippen LogP contribution in [-0.2, 0) is 0 Å². The zero-order valence-corrected chi connectivity index (χ0v) is 10.8. The van der Waals surface area contributed by atoms with E-state index < -0.39 is 18.6 Å². The molecule has 0 aliphatic rings.